The first-order chi connectivity index (χ1) is 15.0. The zero-order valence-corrected chi connectivity index (χ0v) is 18.8. The Hall–Kier alpha value is -2.59. The van der Waals surface area contributed by atoms with E-state index in [9.17, 15) is 8.42 Å². The van der Waals surface area contributed by atoms with Crippen molar-refractivity contribution in [2.75, 3.05) is 26.2 Å². The van der Waals surface area contributed by atoms with Crippen molar-refractivity contribution in [2.45, 2.75) is 18.4 Å². The molecule has 0 aliphatic carbocycles. The van der Waals surface area contributed by atoms with Crippen molar-refractivity contribution in [2.24, 2.45) is 0 Å². The van der Waals surface area contributed by atoms with Crippen LogP contribution in [0.25, 0.3) is 21.6 Å². The molecule has 1 aromatic carbocycles. The highest BCUT2D eigenvalue weighted by atomic mass is 32.2. The lowest BCUT2D eigenvalue weighted by atomic mass is 10.2. The van der Waals surface area contributed by atoms with Gasteiger partial charge in [-0.15, -0.1) is 11.3 Å². The van der Waals surface area contributed by atoms with E-state index < -0.39 is 10.0 Å². The van der Waals surface area contributed by atoms with Crippen molar-refractivity contribution >= 4 is 32.4 Å². The van der Waals surface area contributed by atoms with E-state index in [2.05, 4.69) is 51.4 Å². The standard InChI is InChI=1S/C22H23N5O2S2/c1-16-4-6-17(7-5-16)22-25-18(15-30-22)14-26-9-11-27(12-10-26)31(28,29)20-13-24-21-19(20)3-2-8-23-21/h2-8,13,15H,9-12,14H2,1H3,(H,23,24). The Morgan fingerprint density at radius 3 is 2.65 bits per heavy atom. The summed E-state index contributed by atoms with van der Waals surface area (Å²) >= 11 is 1.65. The number of thiazole rings is 1. The molecule has 0 amide bonds. The summed E-state index contributed by atoms with van der Waals surface area (Å²) in [6, 6.07) is 11.9. The van der Waals surface area contributed by atoms with Crippen LogP contribution in [0.3, 0.4) is 0 Å². The van der Waals surface area contributed by atoms with E-state index in [4.69, 9.17) is 4.98 Å². The molecule has 4 heterocycles. The maximum atomic E-state index is 13.2. The van der Waals surface area contributed by atoms with Gasteiger partial charge in [-0.1, -0.05) is 29.8 Å². The molecule has 0 bridgehead atoms. The first-order valence-corrected chi connectivity index (χ1v) is 12.5. The Morgan fingerprint density at radius 2 is 1.87 bits per heavy atom. The van der Waals surface area contributed by atoms with E-state index in [1.165, 1.54) is 5.56 Å². The van der Waals surface area contributed by atoms with Gasteiger partial charge in [0.05, 0.1) is 5.69 Å². The largest absolute Gasteiger partial charge is 0.345 e. The van der Waals surface area contributed by atoms with E-state index in [-0.39, 0.29) is 0 Å². The summed E-state index contributed by atoms with van der Waals surface area (Å²) in [5.74, 6) is 0. The number of fused-ring (bicyclic) bond motifs is 1. The SMILES string of the molecule is Cc1ccc(-c2nc(CN3CCN(S(=O)(=O)c4c[nH]c5ncccc45)CC3)cs2)cc1. The third-order valence-electron chi connectivity index (χ3n) is 5.60. The fraction of sp³-hybridized carbons (Fsp3) is 0.273. The van der Waals surface area contributed by atoms with Crippen LogP contribution in [0.2, 0.25) is 0 Å². The first kappa shape index (κ1) is 20.3. The molecule has 0 spiro atoms. The third kappa shape index (κ3) is 4.01. The minimum Gasteiger partial charge on any atom is -0.345 e. The molecule has 4 aromatic rings. The highest BCUT2D eigenvalue weighted by Gasteiger charge is 2.30. The van der Waals surface area contributed by atoms with Gasteiger partial charge >= 0.3 is 0 Å². The summed E-state index contributed by atoms with van der Waals surface area (Å²) < 4.78 is 27.9. The van der Waals surface area contributed by atoms with Crippen LogP contribution in [0.5, 0.6) is 0 Å². The minimum atomic E-state index is -3.56. The maximum Gasteiger partial charge on any atom is 0.245 e. The zero-order valence-electron chi connectivity index (χ0n) is 17.2. The van der Waals surface area contributed by atoms with Gasteiger partial charge in [0.2, 0.25) is 10.0 Å². The Bertz CT molecular complexity index is 1300. The van der Waals surface area contributed by atoms with Gasteiger partial charge in [-0.25, -0.2) is 18.4 Å². The molecule has 3 aromatic heterocycles. The van der Waals surface area contributed by atoms with Gasteiger partial charge in [0.15, 0.2) is 0 Å². The second-order valence-electron chi connectivity index (χ2n) is 7.74. The molecule has 31 heavy (non-hydrogen) atoms. The van der Waals surface area contributed by atoms with E-state index >= 15 is 0 Å². The number of H-pyrrole nitrogens is 1. The molecule has 0 radical (unpaired) electrons. The zero-order chi connectivity index (χ0) is 21.4. The number of aromatic nitrogens is 3. The number of piperazine rings is 1. The molecule has 0 unspecified atom stereocenters. The summed E-state index contributed by atoms with van der Waals surface area (Å²) in [6.45, 7) is 5.09. The minimum absolute atomic E-state index is 0.297. The molecule has 1 N–H and O–H groups in total. The number of rotatable bonds is 5. The van der Waals surface area contributed by atoms with E-state index in [1.54, 1.807) is 40.2 Å². The van der Waals surface area contributed by atoms with Gasteiger partial charge in [-0.2, -0.15) is 4.31 Å². The van der Waals surface area contributed by atoms with Crippen molar-refractivity contribution in [1.29, 1.82) is 0 Å². The molecule has 1 aliphatic rings. The van der Waals surface area contributed by atoms with Crippen molar-refractivity contribution in [3.63, 3.8) is 0 Å². The second kappa shape index (κ2) is 8.16. The average Bonchev–Trinajstić information content (AvgIpc) is 3.42. The van der Waals surface area contributed by atoms with Crippen molar-refractivity contribution < 1.29 is 8.42 Å². The lowest BCUT2D eigenvalue weighted by Gasteiger charge is -2.33. The number of nitrogens with zero attached hydrogens (tertiary/aromatic N) is 4. The Morgan fingerprint density at radius 1 is 1.10 bits per heavy atom. The number of aryl methyl sites for hydroxylation is 1. The number of hydrogen-bond acceptors (Lipinski definition) is 6. The van der Waals surface area contributed by atoms with E-state index in [0.717, 1.165) is 22.8 Å². The highest BCUT2D eigenvalue weighted by molar-refractivity contribution is 7.89. The van der Waals surface area contributed by atoms with Crippen LogP contribution in [0.4, 0.5) is 0 Å². The van der Waals surface area contributed by atoms with Crippen molar-refractivity contribution in [3.05, 3.63) is 65.4 Å². The lowest BCUT2D eigenvalue weighted by molar-refractivity contribution is 0.180. The molecule has 1 aliphatic heterocycles. The van der Waals surface area contributed by atoms with Crippen LogP contribution < -0.4 is 0 Å². The summed E-state index contributed by atoms with van der Waals surface area (Å²) in [7, 11) is -3.56. The van der Waals surface area contributed by atoms with E-state index in [1.807, 2.05) is 0 Å². The van der Waals surface area contributed by atoms with Crippen molar-refractivity contribution in [3.8, 4) is 10.6 Å². The monoisotopic (exact) mass is 453 g/mol. The Labute approximate surface area is 185 Å². The molecule has 0 atom stereocenters. The topological polar surface area (TPSA) is 82.2 Å². The third-order valence-corrected chi connectivity index (χ3v) is 8.48. The Balaban J connectivity index is 1.24. The number of sulfonamides is 1. The number of hydrogen-bond donors (Lipinski definition) is 1. The summed E-state index contributed by atoms with van der Waals surface area (Å²) in [4.78, 5) is 14.5. The maximum absolute atomic E-state index is 13.2. The fourth-order valence-electron chi connectivity index (χ4n) is 3.85. The predicted octanol–water partition coefficient (Wildman–Crippen LogP) is 3.50. The van der Waals surface area contributed by atoms with Crippen LogP contribution in [0, 0.1) is 6.92 Å². The van der Waals surface area contributed by atoms with E-state index in [0.29, 0.717) is 42.1 Å². The van der Waals surface area contributed by atoms with Crippen LogP contribution in [0.15, 0.2) is 59.1 Å². The summed E-state index contributed by atoms with van der Waals surface area (Å²) in [6.07, 6.45) is 3.19. The predicted molar refractivity (Wildman–Crippen MR) is 122 cm³/mol. The first-order valence-electron chi connectivity index (χ1n) is 10.2. The number of aromatic amines is 1. The molecule has 0 saturated carbocycles. The lowest BCUT2D eigenvalue weighted by Crippen LogP contribution is -2.48. The summed E-state index contributed by atoms with van der Waals surface area (Å²) in [5.41, 5.74) is 3.98. The van der Waals surface area contributed by atoms with Crippen LogP contribution in [-0.4, -0.2) is 58.8 Å². The van der Waals surface area contributed by atoms with Crippen LogP contribution in [-0.2, 0) is 16.6 Å². The summed E-state index contributed by atoms with van der Waals surface area (Å²) in [5, 5.41) is 3.75. The fourth-order valence-corrected chi connectivity index (χ4v) is 6.24. The molecule has 7 nitrogen and oxygen atoms in total. The molecular formula is C22H23N5O2S2. The van der Waals surface area contributed by atoms with Gasteiger partial charge in [-0.05, 0) is 19.1 Å². The van der Waals surface area contributed by atoms with Crippen LogP contribution >= 0.6 is 11.3 Å². The molecular weight excluding hydrogens is 430 g/mol. The normalized spacial score (nSPS) is 16.2. The molecule has 160 valence electrons. The number of nitrogens with one attached hydrogen (secondary N) is 1. The van der Waals surface area contributed by atoms with Gasteiger partial charge in [0.25, 0.3) is 0 Å². The molecule has 1 fully saturated rings. The van der Waals surface area contributed by atoms with Gasteiger partial charge < -0.3 is 4.98 Å². The van der Waals surface area contributed by atoms with Gasteiger partial charge in [0, 0.05) is 61.4 Å². The van der Waals surface area contributed by atoms with Gasteiger partial charge in [0.1, 0.15) is 15.6 Å². The number of benzene rings is 1. The van der Waals surface area contributed by atoms with Gasteiger partial charge in [-0.3, -0.25) is 4.90 Å². The highest BCUT2D eigenvalue weighted by Crippen LogP contribution is 2.27. The number of pyridine rings is 1. The molecule has 9 heteroatoms. The quantitative estimate of drug-likeness (QED) is 0.500. The average molecular weight is 454 g/mol. The van der Waals surface area contributed by atoms with Crippen LogP contribution in [0.1, 0.15) is 11.3 Å². The van der Waals surface area contributed by atoms with Crippen molar-refractivity contribution in [1.82, 2.24) is 24.2 Å². The molecule has 1 saturated heterocycles. The molecule has 5 rings (SSSR count). The smallest absolute Gasteiger partial charge is 0.245 e. The Kier molecular flexibility index (Phi) is 5.35. The second-order valence-corrected chi connectivity index (χ2v) is 10.5.